The van der Waals surface area contributed by atoms with Crippen LogP contribution in [0.4, 0.5) is 5.69 Å². The topological polar surface area (TPSA) is 44.1 Å². The minimum Gasteiger partial charge on any atom is -0.370 e. The van der Waals surface area contributed by atoms with E-state index in [0.717, 1.165) is 25.1 Å². The molecule has 0 aliphatic carbocycles. The highest BCUT2D eigenvalue weighted by atomic mass is 35.5. The molecule has 0 spiro atoms. The third kappa shape index (κ3) is 2.65. The minimum atomic E-state index is 0.0842. The number of hydrogen-bond donors (Lipinski definition) is 0. The van der Waals surface area contributed by atoms with Gasteiger partial charge in [-0.05, 0) is 38.0 Å². The van der Waals surface area contributed by atoms with E-state index in [1.54, 1.807) is 19.1 Å². The molecule has 94 valence electrons. The maximum Gasteiger partial charge on any atom is 0.134 e. The van der Waals surface area contributed by atoms with Crippen molar-refractivity contribution >= 4 is 23.1 Å². The van der Waals surface area contributed by atoms with Crippen LogP contribution in [0.15, 0.2) is 18.2 Å². The Labute approximate surface area is 112 Å². The smallest absolute Gasteiger partial charge is 0.134 e. The second-order valence-corrected chi connectivity index (χ2v) is 5.11. The number of rotatable bonds is 2. The standard InChI is InChI=1S/C14H15ClN2O/c1-10(18)11-3-2-6-17(9-11)14-5-4-13(15)7-12(14)8-16/h4-5,7,11H,2-3,6,9H2,1H3. The number of nitrogens with zero attached hydrogens (tertiary/aromatic N) is 2. The van der Waals surface area contributed by atoms with E-state index in [4.69, 9.17) is 16.9 Å². The molecule has 1 fully saturated rings. The normalized spacial score (nSPS) is 19.4. The van der Waals surface area contributed by atoms with Crippen LogP contribution < -0.4 is 4.90 Å². The van der Waals surface area contributed by atoms with E-state index in [9.17, 15) is 4.79 Å². The van der Waals surface area contributed by atoms with Crippen LogP contribution in [-0.4, -0.2) is 18.9 Å². The summed E-state index contributed by atoms with van der Waals surface area (Å²) in [6.07, 6.45) is 1.93. The second kappa shape index (κ2) is 5.41. The van der Waals surface area contributed by atoms with Crippen molar-refractivity contribution in [1.82, 2.24) is 0 Å². The molecule has 1 unspecified atom stereocenters. The molecule has 1 aromatic carbocycles. The molecule has 2 rings (SSSR count). The number of carbonyl (C=O) groups excluding carboxylic acids is 1. The lowest BCUT2D eigenvalue weighted by Gasteiger charge is -2.33. The van der Waals surface area contributed by atoms with Gasteiger partial charge in [-0.25, -0.2) is 0 Å². The monoisotopic (exact) mass is 262 g/mol. The quantitative estimate of drug-likeness (QED) is 0.823. The predicted molar refractivity (Wildman–Crippen MR) is 71.8 cm³/mol. The number of piperidine rings is 1. The van der Waals surface area contributed by atoms with Gasteiger partial charge >= 0.3 is 0 Å². The van der Waals surface area contributed by atoms with Gasteiger partial charge in [-0.15, -0.1) is 0 Å². The molecular formula is C14H15ClN2O. The molecular weight excluding hydrogens is 248 g/mol. The van der Waals surface area contributed by atoms with Crippen LogP contribution in [0.2, 0.25) is 5.02 Å². The first-order chi connectivity index (χ1) is 8.61. The Balaban J connectivity index is 2.26. The first kappa shape index (κ1) is 12.9. The van der Waals surface area contributed by atoms with Crippen LogP contribution in [0.1, 0.15) is 25.3 Å². The lowest BCUT2D eigenvalue weighted by atomic mass is 9.94. The van der Waals surface area contributed by atoms with Crippen molar-refractivity contribution in [2.45, 2.75) is 19.8 Å². The number of nitriles is 1. The summed E-state index contributed by atoms with van der Waals surface area (Å²) >= 11 is 5.89. The third-order valence-electron chi connectivity index (χ3n) is 3.42. The molecule has 1 saturated heterocycles. The van der Waals surface area contributed by atoms with E-state index in [1.165, 1.54) is 0 Å². The van der Waals surface area contributed by atoms with Gasteiger partial charge in [0.2, 0.25) is 0 Å². The summed E-state index contributed by atoms with van der Waals surface area (Å²) in [5.41, 5.74) is 1.46. The van der Waals surface area contributed by atoms with Gasteiger partial charge in [-0.2, -0.15) is 5.26 Å². The van der Waals surface area contributed by atoms with Crippen LogP contribution in [0.5, 0.6) is 0 Å². The van der Waals surface area contributed by atoms with Gasteiger partial charge in [0.1, 0.15) is 11.9 Å². The molecule has 18 heavy (non-hydrogen) atoms. The van der Waals surface area contributed by atoms with E-state index in [2.05, 4.69) is 11.0 Å². The number of halogens is 1. The number of ketones is 1. The molecule has 4 heteroatoms. The summed E-state index contributed by atoms with van der Waals surface area (Å²) in [5.74, 6) is 0.313. The highest BCUT2D eigenvalue weighted by molar-refractivity contribution is 6.30. The SMILES string of the molecule is CC(=O)C1CCCN(c2ccc(Cl)cc2C#N)C1. The molecule has 3 nitrogen and oxygen atoms in total. The van der Waals surface area contributed by atoms with E-state index in [1.807, 2.05) is 6.07 Å². The fourth-order valence-corrected chi connectivity index (χ4v) is 2.57. The van der Waals surface area contributed by atoms with E-state index in [-0.39, 0.29) is 11.7 Å². The maximum absolute atomic E-state index is 11.5. The van der Waals surface area contributed by atoms with Crippen molar-refractivity contribution in [3.63, 3.8) is 0 Å². The number of carbonyl (C=O) groups is 1. The molecule has 0 aromatic heterocycles. The van der Waals surface area contributed by atoms with E-state index < -0.39 is 0 Å². The molecule has 1 heterocycles. The van der Waals surface area contributed by atoms with Gasteiger partial charge in [-0.1, -0.05) is 11.6 Å². The van der Waals surface area contributed by atoms with Gasteiger partial charge in [0.05, 0.1) is 11.3 Å². The highest BCUT2D eigenvalue weighted by Crippen LogP contribution is 2.28. The zero-order valence-corrected chi connectivity index (χ0v) is 11.1. The Kier molecular flexibility index (Phi) is 3.88. The van der Waals surface area contributed by atoms with Crippen LogP contribution in [0.3, 0.4) is 0 Å². The van der Waals surface area contributed by atoms with Gasteiger partial charge in [0.15, 0.2) is 0 Å². The second-order valence-electron chi connectivity index (χ2n) is 4.67. The van der Waals surface area contributed by atoms with Crippen molar-refractivity contribution in [2.24, 2.45) is 5.92 Å². The van der Waals surface area contributed by atoms with E-state index in [0.29, 0.717) is 17.1 Å². The first-order valence-electron chi connectivity index (χ1n) is 6.07. The number of hydrogen-bond acceptors (Lipinski definition) is 3. The Hall–Kier alpha value is -1.53. The fraction of sp³-hybridized carbons (Fsp3) is 0.429. The van der Waals surface area contributed by atoms with Crippen molar-refractivity contribution in [2.75, 3.05) is 18.0 Å². The molecule has 1 aliphatic heterocycles. The number of Topliss-reactive ketones (excluding diaryl/α,β-unsaturated/α-hetero) is 1. The molecule has 0 N–H and O–H groups in total. The Morgan fingerprint density at radius 2 is 2.33 bits per heavy atom. The average molecular weight is 263 g/mol. The Morgan fingerprint density at radius 1 is 1.56 bits per heavy atom. The molecule has 0 amide bonds. The Morgan fingerprint density at radius 3 is 3.00 bits per heavy atom. The van der Waals surface area contributed by atoms with Gasteiger partial charge in [-0.3, -0.25) is 4.79 Å². The largest absolute Gasteiger partial charge is 0.370 e. The van der Waals surface area contributed by atoms with Gasteiger partial charge in [0.25, 0.3) is 0 Å². The molecule has 1 atom stereocenters. The van der Waals surface area contributed by atoms with Crippen molar-refractivity contribution in [1.29, 1.82) is 5.26 Å². The van der Waals surface area contributed by atoms with Crippen molar-refractivity contribution in [3.05, 3.63) is 28.8 Å². The lowest BCUT2D eigenvalue weighted by Crippen LogP contribution is -2.38. The lowest BCUT2D eigenvalue weighted by molar-refractivity contribution is -0.120. The van der Waals surface area contributed by atoms with Crippen molar-refractivity contribution < 1.29 is 4.79 Å². The third-order valence-corrected chi connectivity index (χ3v) is 3.65. The number of anilines is 1. The van der Waals surface area contributed by atoms with Crippen LogP contribution in [-0.2, 0) is 4.79 Å². The molecule has 1 aromatic rings. The Bertz CT molecular complexity index is 507. The molecule has 0 bridgehead atoms. The van der Waals surface area contributed by atoms with Gasteiger partial charge in [0, 0.05) is 24.0 Å². The summed E-state index contributed by atoms with van der Waals surface area (Å²) in [6.45, 7) is 3.23. The summed E-state index contributed by atoms with van der Waals surface area (Å²) < 4.78 is 0. The fourth-order valence-electron chi connectivity index (χ4n) is 2.40. The first-order valence-corrected chi connectivity index (χ1v) is 6.44. The van der Waals surface area contributed by atoms with Crippen LogP contribution >= 0.6 is 11.6 Å². The summed E-state index contributed by atoms with van der Waals surface area (Å²) in [5, 5.41) is 9.71. The molecule has 1 aliphatic rings. The summed E-state index contributed by atoms with van der Waals surface area (Å²) in [4.78, 5) is 13.6. The van der Waals surface area contributed by atoms with Crippen LogP contribution in [0.25, 0.3) is 0 Å². The highest BCUT2D eigenvalue weighted by Gasteiger charge is 2.24. The summed E-state index contributed by atoms with van der Waals surface area (Å²) in [7, 11) is 0. The number of benzene rings is 1. The zero-order valence-electron chi connectivity index (χ0n) is 10.3. The zero-order chi connectivity index (χ0) is 13.1. The van der Waals surface area contributed by atoms with Crippen molar-refractivity contribution in [3.8, 4) is 6.07 Å². The molecule has 0 radical (unpaired) electrons. The van der Waals surface area contributed by atoms with E-state index >= 15 is 0 Å². The minimum absolute atomic E-state index is 0.0842. The summed E-state index contributed by atoms with van der Waals surface area (Å²) in [6, 6.07) is 7.49. The average Bonchev–Trinajstić information content (AvgIpc) is 2.38. The van der Waals surface area contributed by atoms with Gasteiger partial charge < -0.3 is 4.90 Å². The van der Waals surface area contributed by atoms with Crippen LogP contribution in [0, 0.1) is 17.2 Å². The predicted octanol–water partition coefficient (Wildman–Crippen LogP) is 3.02. The molecule has 0 saturated carbocycles. The maximum atomic E-state index is 11.5.